The molecule has 0 bridgehead atoms. The van der Waals surface area contributed by atoms with Crippen LogP contribution in [0.25, 0.3) is 10.8 Å². The number of hydrogen-bond acceptors (Lipinski definition) is 3. The van der Waals surface area contributed by atoms with E-state index in [1.54, 1.807) is 6.26 Å². The van der Waals surface area contributed by atoms with E-state index in [4.69, 9.17) is 9.15 Å². The zero-order chi connectivity index (χ0) is 11.7. The molecule has 3 nitrogen and oxygen atoms in total. The molecule has 1 unspecified atom stereocenters. The lowest BCUT2D eigenvalue weighted by Crippen LogP contribution is -2.30. The first kappa shape index (κ1) is 10.4. The monoisotopic (exact) mass is 230 g/mol. The van der Waals surface area contributed by atoms with Crippen LogP contribution in [0.1, 0.15) is 25.7 Å². The van der Waals surface area contributed by atoms with Gasteiger partial charge in [-0.2, -0.15) is 0 Å². The minimum Gasteiger partial charge on any atom is -0.453 e. The Balaban J connectivity index is 1.87. The van der Waals surface area contributed by atoms with Gasteiger partial charge in [-0.05, 0) is 25.3 Å². The standard InChI is InChI=1S/C14H14O3/c15-12-7-3-4-8-13(12)17-14-11-6-2-1-5-10(11)9-16-14/h1-2,5-6,9,13H,3-4,7-8H2. The third kappa shape index (κ3) is 1.93. The zero-order valence-electron chi connectivity index (χ0n) is 9.52. The van der Waals surface area contributed by atoms with Crippen molar-refractivity contribution in [1.29, 1.82) is 0 Å². The van der Waals surface area contributed by atoms with Crippen molar-refractivity contribution in [3.63, 3.8) is 0 Å². The van der Waals surface area contributed by atoms with Crippen LogP contribution < -0.4 is 4.74 Å². The highest BCUT2D eigenvalue weighted by atomic mass is 16.6. The van der Waals surface area contributed by atoms with Crippen LogP contribution in [0, 0.1) is 0 Å². The van der Waals surface area contributed by atoms with Crippen molar-refractivity contribution in [3.05, 3.63) is 30.5 Å². The van der Waals surface area contributed by atoms with Gasteiger partial charge in [0.25, 0.3) is 5.95 Å². The highest BCUT2D eigenvalue weighted by Crippen LogP contribution is 2.30. The number of ketones is 1. The predicted molar refractivity (Wildman–Crippen MR) is 64.1 cm³/mol. The van der Waals surface area contributed by atoms with Crippen molar-refractivity contribution in [2.75, 3.05) is 0 Å². The molecule has 0 N–H and O–H groups in total. The molecular formula is C14H14O3. The first-order chi connectivity index (χ1) is 8.34. The van der Waals surface area contributed by atoms with E-state index in [1.807, 2.05) is 24.3 Å². The van der Waals surface area contributed by atoms with Crippen LogP contribution in [-0.4, -0.2) is 11.9 Å². The van der Waals surface area contributed by atoms with Gasteiger partial charge in [0.2, 0.25) is 0 Å². The van der Waals surface area contributed by atoms with Crippen molar-refractivity contribution in [1.82, 2.24) is 0 Å². The molecule has 0 saturated heterocycles. The maximum atomic E-state index is 11.7. The van der Waals surface area contributed by atoms with Crippen LogP contribution in [-0.2, 0) is 4.79 Å². The summed E-state index contributed by atoms with van der Waals surface area (Å²) < 4.78 is 11.1. The normalized spacial score (nSPS) is 20.7. The van der Waals surface area contributed by atoms with Crippen molar-refractivity contribution >= 4 is 16.6 Å². The van der Waals surface area contributed by atoms with Crippen molar-refractivity contribution in [3.8, 4) is 5.95 Å². The maximum Gasteiger partial charge on any atom is 0.293 e. The number of hydrogen-bond donors (Lipinski definition) is 0. The van der Waals surface area contributed by atoms with E-state index in [-0.39, 0.29) is 11.9 Å². The Bertz CT molecular complexity index is 541. The molecule has 1 saturated carbocycles. The fraction of sp³-hybridized carbons (Fsp3) is 0.357. The van der Waals surface area contributed by atoms with Gasteiger partial charge in [-0.3, -0.25) is 4.79 Å². The molecular weight excluding hydrogens is 216 g/mol. The Morgan fingerprint density at radius 1 is 1.24 bits per heavy atom. The van der Waals surface area contributed by atoms with Crippen LogP contribution in [0.3, 0.4) is 0 Å². The molecule has 3 heteroatoms. The Hall–Kier alpha value is -1.77. The maximum absolute atomic E-state index is 11.7. The molecule has 0 aliphatic heterocycles. The van der Waals surface area contributed by atoms with Gasteiger partial charge in [-0.1, -0.05) is 18.2 Å². The number of rotatable bonds is 2. The SMILES string of the molecule is O=C1CCCCC1Oc1occ2ccccc12. The smallest absolute Gasteiger partial charge is 0.293 e. The van der Waals surface area contributed by atoms with Crippen LogP contribution in [0.2, 0.25) is 0 Å². The Kier molecular flexibility index (Phi) is 2.59. The number of carbonyl (C=O) groups excluding carboxylic acids is 1. The first-order valence-corrected chi connectivity index (χ1v) is 6.00. The Labute approximate surface area is 99.4 Å². The summed E-state index contributed by atoms with van der Waals surface area (Å²) in [4.78, 5) is 11.7. The Morgan fingerprint density at radius 3 is 3.00 bits per heavy atom. The second kappa shape index (κ2) is 4.24. The number of carbonyl (C=O) groups is 1. The van der Waals surface area contributed by atoms with Gasteiger partial charge in [0.1, 0.15) is 6.26 Å². The van der Waals surface area contributed by atoms with Crippen LogP contribution in [0.4, 0.5) is 0 Å². The second-order valence-electron chi connectivity index (χ2n) is 4.43. The first-order valence-electron chi connectivity index (χ1n) is 6.00. The average Bonchev–Trinajstić information content (AvgIpc) is 2.76. The van der Waals surface area contributed by atoms with E-state index in [1.165, 1.54) is 0 Å². The minimum atomic E-state index is -0.321. The lowest BCUT2D eigenvalue weighted by molar-refractivity contribution is -0.128. The molecule has 3 rings (SSSR count). The summed E-state index contributed by atoms with van der Waals surface area (Å²) >= 11 is 0. The number of furan rings is 1. The summed E-state index contributed by atoms with van der Waals surface area (Å²) in [5.74, 6) is 0.664. The number of benzene rings is 1. The average molecular weight is 230 g/mol. The summed E-state index contributed by atoms with van der Waals surface area (Å²) in [6.45, 7) is 0. The second-order valence-corrected chi connectivity index (χ2v) is 4.43. The molecule has 0 radical (unpaired) electrons. The molecule has 0 amide bonds. The lowest BCUT2D eigenvalue weighted by Gasteiger charge is -2.20. The predicted octanol–water partition coefficient (Wildman–Crippen LogP) is 3.32. The summed E-state index contributed by atoms with van der Waals surface area (Å²) in [7, 11) is 0. The molecule has 0 spiro atoms. The summed E-state index contributed by atoms with van der Waals surface area (Å²) in [5.41, 5.74) is 0. The molecule has 1 aromatic carbocycles. The van der Waals surface area contributed by atoms with Gasteiger partial charge in [0.15, 0.2) is 11.9 Å². The van der Waals surface area contributed by atoms with E-state index in [2.05, 4.69) is 0 Å². The highest BCUT2D eigenvalue weighted by Gasteiger charge is 2.25. The van der Waals surface area contributed by atoms with Gasteiger partial charge in [-0.15, -0.1) is 0 Å². The van der Waals surface area contributed by atoms with Crippen molar-refractivity contribution < 1.29 is 13.9 Å². The topological polar surface area (TPSA) is 39.4 Å². The number of fused-ring (bicyclic) bond motifs is 1. The molecule has 1 aromatic heterocycles. The van der Waals surface area contributed by atoms with Crippen molar-refractivity contribution in [2.45, 2.75) is 31.8 Å². The van der Waals surface area contributed by atoms with E-state index in [9.17, 15) is 4.79 Å². The third-order valence-corrected chi connectivity index (χ3v) is 3.22. The van der Waals surface area contributed by atoms with Gasteiger partial charge in [0, 0.05) is 11.8 Å². The summed E-state index contributed by atoms with van der Waals surface area (Å²) in [6.07, 6.45) is 4.81. The van der Waals surface area contributed by atoms with E-state index in [0.29, 0.717) is 12.4 Å². The molecule has 2 aromatic rings. The molecule has 1 atom stereocenters. The zero-order valence-corrected chi connectivity index (χ0v) is 9.52. The summed E-state index contributed by atoms with van der Waals surface area (Å²) in [5, 5.41) is 1.94. The van der Waals surface area contributed by atoms with Crippen molar-refractivity contribution in [2.24, 2.45) is 0 Å². The molecule has 1 aliphatic rings. The number of ether oxygens (including phenoxy) is 1. The van der Waals surface area contributed by atoms with Gasteiger partial charge in [0.05, 0.1) is 5.39 Å². The minimum absolute atomic E-state index is 0.191. The fourth-order valence-corrected chi connectivity index (χ4v) is 2.26. The van der Waals surface area contributed by atoms with E-state index >= 15 is 0 Å². The molecule has 1 heterocycles. The molecule has 1 fully saturated rings. The van der Waals surface area contributed by atoms with Gasteiger partial charge in [-0.25, -0.2) is 0 Å². The van der Waals surface area contributed by atoms with Gasteiger partial charge >= 0.3 is 0 Å². The van der Waals surface area contributed by atoms with Gasteiger partial charge < -0.3 is 9.15 Å². The highest BCUT2D eigenvalue weighted by molar-refractivity contribution is 5.88. The number of Topliss-reactive ketones (excluding diaryl/α,β-unsaturated/α-hetero) is 1. The van der Waals surface area contributed by atoms with Crippen LogP contribution in [0.5, 0.6) is 5.95 Å². The largest absolute Gasteiger partial charge is 0.453 e. The third-order valence-electron chi connectivity index (χ3n) is 3.22. The van der Waals surface area contributed by atoms with Crippen LogP contribution in [0.15, 0.2) is 34.9 Å². The quantitative estimate of drug-likeness (QED) is 0.794. The lowest BCUT2D eigenvalue weighted by atomic mass is 9.96. The summed E-state index contributed by atoms with van der Waals surface area (Å²) in [6, 6.07) is 7.80. The van der Waals surface area contributed by atoms with E-state index in [0.717, 1.165) is 30.0 Å². The fourth-order valence-electron chi connectivity index (χ4n) is 2.26. The molecule has 17 heavy (non-hydrogen) atoms. The van der Waals surface area contributed by atoms with E-state index < -0.39 is 0 Å². The Morgan fingerprint density at radius 2 is 2.12 bits per heavy atom. The molecule has 88 valence electrons. The molecule has 1 aliphatic carbocycles. The van der Waals surface area contributed by atoms with Crippen LogP contribution >= 0.6 is 0 Å².